The number of aliphatic hydroxyl groups is 1. The zero-order chi connectivity index (χ0) is 71.0. The maximum atomic E-state index is 13.0. The molecule has 0 amide bonds. The lowest BCUT2D eigenvalue weighted by Gasteiger charge is -2.39. The highest BCUT2D eigenvalue weighted by Crippen LogP contribution is 2.48. The van der Waals surface area contributed by atoms with Crippen molar-refractivity contribution in [3.8, 4) is 34.5 Å². The smallest absolute Gasteiger partial charge is 0.493 e. The number of methoxy groups -OCH3 is 2. The summed E-state index contributed by atoms with van der Waals surface area (Å²) in [7, 11) is -1.08. The third kappa shape index (κ3) is 24.9. The summed E-state index contributed by atoms with van der Waals surface area (Å²) >= 11 is 0. The van der Waals surface area contributed by atoms with Crippen LogP contribution in [-0.2, 0) is 48.6 Å². The highest BCUT2D eigenvalue weighted by atomic mass is 28.4. The Balaban J connectivity index is 0.000000330. The largest absolute Gasteiger partial charge is 0.519 e. The molecule has 1 N–H and O–H groups in total. The number of aliphatic hydroxyl groups excluding tert-OH is 1. The van der Waals surface area contributed by atoms with Gasteiger partial charge in [0, 0.05) is 16.4 Å². The van der Waals surface area contributed by atoms with E-state index in [-0.39, 0.29) is 36.4 Å². The average molecular weight is 1390 g/mol. The van der Waals surface area contributed by atoms with Crippen molar-refractivity contribution in [2.75, 3.05) is 54.6 Å². The Hall–Kier alpha value is -7.87. The van der Waals surface area contributed by atoms with Crippen LogP contribution in [-0.4, -0.2) is 101 Å². The molecule has 23 heteroatoms. The van der Waals surface area contributed by atoms with Gasteiger partial charge in [0.15, 0.2) is 28.1 Å². The van der Waals surface area contributed by atoms with Crippen LogP contribution in [0.4, 0.5) is 45.5 Å². The Morgan fingerprint density at radius 3 is 1.32 bits per heavy atom. The summed E-state index contributed by atoms with van der Waals surface area (Å²) in [6.07, 6.45) is 11.2. The van der Waals surface area contributed by atoms with Crippen molar-refractivity contribution in [1.82, 2.24) is 0 Å². The highest BCUT2D eigenvalue weighted by Gasteiger charge is 2.38. The fraction of sp³-hybridized carbons (Fsp3) is 0.459. The average Bonchev–Trinajstić information content (AvgIpc) is 0.776. The highest BCUT2D eigenvalue weighted by molar-refractivity contribution is 6.84. The van der Waals surface area contributed by atoms with E-state index in [2.05, 4.69) is 84.6 Å². The Bertz CT molecular complexity index is 3410. The van der Waals surface area contributed by atoms with Gasteiger partial charge in [0.1, 0.15) is 49.6 Å². The molecule has 0 unspecified atom stereocenters. The first-order valence-electron chi connectivity index (χ1n) is 32.7. The lowest BCUT2D eigenvalue weighted by atomic mass is 9.65. The summed E-state index contributed by atoms with van der Waals surface area (Å²) < 4.78 is 116. The number of aryl methyl sites for hydroxylation is 5. The normalized spacial score (nSPS) is 13.9. The Morgan fingerprint density at radius 2 is 0.856 bits per heavy atom. The molecular weight excluding hydrogens is 1300 g/mol. The Labute approximate surface area is 568 Å². The number of hydrogen-bond acceptors (Lipinski definition) is 15. The SMILES string of the molecule is COC(=O)Oc1ccc(CCC[Si](C)(C)O[Si](C)(C)CCCc2ccc(OC(=O)OCCF)c(OC)c2)cc1CO.Cc1ccc(C2(c3ccc(OC(=O)Oc4ccc(C5(c6ccc(OC(=O)OCCF)cc6)CCCCC5)cc4)c(C)c3)CCCCC2)cc1C.FCF.FCF. The summed E-state index contributed by atoms with van der Waals surface area (Å²) in [6.45, 7) is 9.42. The summed E-state index contributed by atoms with van der Waals surface area (Å²) in [5, 5.41) is 9.67. The van der Waals surface area contributed by atoms with Crippen molar-refractivity contribution in [2.45, 2.75) is 166 Å². The monoisotopic (exact) mass is 1390 g/mol. The van der Waals surface area contributed by atoms with Gasteiger partial charge in [-0.25, -0.2) is 45.5 Å². The molecule has 0 bridgehead atoms. The summed E-state index contributed by atoms with van der Waals surface area (Å²) in [4.78, 5) is 47.8. The molecule has 530 valence electrons. The molecule has 2 aliphatic carbocycles. The van der Waals surface area contributed by atoms with Crippen molar-refractivity contribution < 1.29 is 97.4 Å². The molecule has 6 aromatic carbocycles. The number of ether oxygens (including phenoxy) is 9. The Kier molecular flexibility index (Phi) is 33.0. The van der Waals surface area contributed by atoms with E-state index >= 15 is 0 Å². The summed E-state index contributed by atoms with van der Waals surface area (Å²) in [6, 6.07) is 41.0. The summed E-state index contributed by atoms with van der Waals surface area (Å²) in [5.41, 5.74) is 10.8. The maximum Gasteiger partial charge on any atom is 0.519 e. The molecule has 6 aromatic rings. The topological polar surface area (TPSA) is 181 Å². The lowest BCUT2D eigenvalue weighted by Crippen LogP contribution is -2.44. The number of carbonyl (C=O) groups is 4. The van der Waals surface area contributed by atoms with E-state index in [1.165, 1.54) is 62.2 Å². The van der Waals surface area contributed by atoms with Gasteiger partial charge in [0.05, 0.1) is 20.8 Å². The van der Waals surface area contributed by atoms with Gasteiger partial charge < -0.3 is 51.9 Å². The van der Waals surface area contributed by atoms with E-state index in [0.29, 0.717) is 34.3 Å². The minimum atomic E-state index is -1.91. The van der Waals surface area contributed by atoms with E-state index < -0.39 is 68.5 Å². The third-order valence-corrected chi connectivity index (χ3v) is 24.9. The van der Waals surface area contributed by atoms with E-state index in [1.807, 2.05) is 73.7 Å². The molecule has 8 rings (SSSR count). The molecule has 0 radical (unpaired) electrons. The zero-order valence-electron chi connectivity index (χ0n) is 57.2. The van der Waals surface area contributed by atoms with Crippen molar-refractivity contribution in [3.63, 3.8) is 0 Å². The minimum absolute atomic E-state index is 0.0431. The van der Waals surface area contributed by atoms with E-state index in [0.717, 1.165) is 104 Å². The van der Waals surface area contributed by atoms with Gasteiger partial charge in [0.2, 0.25) is 13.9 Å². The van der Waals surface area contributed by atoms with Gasteiger partial charge in [0.25, 0.3) is 0 Å². The molecule has 0 aliphatic heterocycles. The van der Waals surface area contributed by atoms with Gasteiger partial charge in [-0.05, 0) is 215 Å². The molecular formula is C74H94F6O15Si2. The fourth-order valence-corrected chi connectivity index (χ4v) is 21.5. The molecule has 0 saturated heterocycles. The molecule has 15 nitrogen and oxygen atoms in total. The first-order valence-corrected chi connectivity index (χ1v) is 38.9. The van der Waals surface area contributed by atoms with Crippen LogP contribution >= 0.6 is 0 Å². The molecule has 0 atom stereocenters. The number of benzene rings is 6. The van der Waals surface area contributed by atoms with Gasteiger partial charge in [-0.2, -0.15) is 0 Å². The van der Waals surface area contributed by atoms with Gasteiger partial charge >= 0.3 is 24.6 Å². The van der Waals surface area contributed by atoms with Crippen molar-refractivity contribution >= 4 is 41.3 Å². The van der Waals surface area contributed by atoms with Crippen molar-refractivity contribution in [1.29, 1.82) is 0 Å². The van der Waals surface area contributed by atoms with E-state index in [9.17, 15) is 50.6 Å². The standard InChI is InChI=1S/C43H47FO6.C29H43FO9Si2.2CH2F2/c1-30-10-11-35(28-31(30)2)43(24-8-5-9-25-43)36-16-21-39(32(3)29-36)50-41(46)49-38-19-14-34(15-20-38)42(22-6-4-7-23-42)33-12-17-37(18-13-33)48-40(45)47-27-26-44;1-34-27-20-23(12-14-26(27)38-29(33)36-16-15-30)10-8-18-41(5,6)39-40(3,4)17-7-9-22-11-13-25(24(19-22)21-31)37-28(32)35-2;2*2-1-3/h10-21,28-29H,4-9,22-27H2,1-3H3;11-14,19-20,31H,7-10,15-18,21H2,1-6H3;2*1H2. The van der Waals surface area contributed by atoms with Gasteiger partial charge in [-0.1, -0.05) is 105 Å². The van der Waals surface area contributed by atoms with Crippen LogP contribution < -0.4 is 28.4 Å². The number of alkyl halides is 6. The molecule has 0 aromatic heterocycles. The lowest BCUT2D eigenvalue weighted by molar-refractivity contribution is 0.0914. The number of carbonyl (C=O) groups excluding carboxylic acids is 4. The van der Waals surface area contributed by atoms with Crippen molar-refractivity contribution in [2.24, 2.45) is 0 Å². The van der Waals surface area contributed by atoms with Crippen LogP contribution in [0.25, 0.3) is 0 Å². The summed E-state index contributed by atoms with van der Waals surface area (Å²) in [5.74, 6) is 2.18. The molecule has 2 fully saturated rings. The predicted molar refractivity (Wildman–Crippen MR) is 365 cm³/mol. The van der Waals surface area contributed by atoms with Crippen LogP contribution in [0, 0.1) is 20.8 Å². The molecule has 97 heavy (non-hydrogen) atoms. The minimum Gasteiger partial charge on any atom is -0.493 e. The number of hydrogen-bond donors (Lipinski definition) is 1. The van der Waals surface area contributed by atoms with Crippen LogP contribution in [0.15, 0.2) is 121 Å². The van der Waals surface area contributed by atoms with Crippen molar-refractivity contribution in [3.05, 3.63) is 177 Å². The molecule has 2 aliphatic rings. The van der Waals surface area contributed by atoms with E-state index in [1.54, 1.807) is 24.3 Å². The maximum absolute atomic E-state index is 13.0. The number of halogens is 6. The Morgan fingerprint density at radius 1 is 0.443 bits per heavy atom. The number of rotatable bonds is 25. The predicted octanol–water partition coefficient (Wildman–Crippen LogP) is 19.8. The quantitative estimate of drug-likeness (QED) is 0.0188. The van der Waals surface area contributed by atoms with Gasteiger partial charge in [-0.15, -0.1) is 0 Å². The van der Waals surface area contributed by atoms with E-state index in [4.69, 9.17) is 32.5 Å². The van der Waals surface area contributed by atoms with Gasteiger partial charge in [-0.3, -0.25) is 0 Å². The molecule has 0 heterocycles. The van der Waals surface area contributed by atoms with Crippen LogP contribution in [0.2, 0.25) is 38.3 Å². The van der Waals surface area contributed by atoms with Crippen LogP contribution in [0.3, 0.4) is 0 Å². The second-order valence-electron chi connectivity index (χ2n) is 25.0. The second kappa shape index (κ2) is 40.1. The van der Waals surface area contributed by atoms with Crippen LogP contribution in [0.5, 0.6) is 34.5 Å². The first kappa shape index (κ1) is 79.8. The molecule has 0 spiro atoms. The van der Waals surface area contributed by atoms with Crippen LogP contribution in [0.1, 0.15) is 133 Å². The fourth-order valence-electron chi connectivity index (χ4n) is 12.7. The first-order chi connectivity index (χ1) is 46.5. The third-order valence-electron chi connectivity index (χ3n) is 17.3. The second-order valence-corrected chi connectivity index (χ2v) is 33.9. The molecule has 2 saturated carbocycles. The zero-order valence-corrected chi connectivity index (χ0v) is 59.2.